The topological polar surface area (TPSA) is 63.9 Å². The van der Waals surface area contributed by atoms with Crippen molar-refractivity contribution in [2.45, 2.75) is 6.54 Å². The molecule has 0 spiro atoms. The summed E-state index contributed by atoms with van der Waals surface area (Å²) in [6.07, 6.45) is 2.94. The van der Waals surface area contributed by atoms with Crippen LogP contribution in [0.25, 0.3) is 5.65 Å². The van der Waals surface area contributed by atoms with E-state index in [2.05, 4.69) is 4.98 Å². The van der Waals surface area contributed by atoms with Crippen molar-refractivity contribution in [3.63, 3.8) is 0 Å². The highest BCUT2D eigenvalue weighted by Crippen LogP contribution is 2.14. The summed E-state index contributed by atoms with van der Waals surface area (Å²) < 4.78 is 6.55. The lowest BCUT2D eigenvalue weighted by Crippen LogP contribution is -2.33. The lowest BCUT2D eigenvalue weighted by atomic mass is 10.2. The molecule has 0 N–H and O–H groups in total. The Morgan fingerprint density at radius 1 is 1.25 bits per heavy atom. The van der Waals surface area contributed by atoms with E-state index in [1.165, 1.54) is 15.5 Å². The average molecular weight is 323 g/mol. The van der Waals surface area contributed by atoms with Gasteiger partial charge in [0.2, 0.25) is 0 Å². The average Bonchev–Trinajstić information content (AvgIpc) is 2.62. The number of ether oxygens (including phenoxy) is 1. The molecule has 0 atom stereocenters. The van der Waals surface area contributed by atoms with Gasteiger partial charge in [-0.05, 0) is 29.8 Å². The highest BCUT2D eigenvalue weighted by atomic mass is 16.5. The molecule has 0 unspecified atom stereocenters. The van der Waals surface area contributed by atoms with E-state index in [0.29, 0.717) is 12.2 Å². The van der Waals surface area contributed by atoms with Gasteiger partial charge in [0.1, 0.15) is 17.0 Å². The number of amides is 1. The number of fused-ring (bicyclic) bond motifs is 1. The molecule has 0 radical (unpaired) electrons. The van der Waals surface area contributed by atoms with Gasteiger partial charge in [-0.2, -0.15) is 0 Å². The van der Waals surface area contributed by atoms with Crippen LogP contribution in [-0.2, 0) is 6.54 Å². The molecule has 122 valence electrons. The van der Waals surface area contributed by atoms with Gasteiger partial charge in [0, 0.05) is 26.0 Å². The molecular weight excluding hydrogens is 306 g/mol. The van der Waals surface area contributed by atoms with Crippen LogP contribution in [0.2, 0.25) is 0 Å². The van der Waals surface area contributed by atoms with Gasteiger partial charge < -0.3 is 9.64 Å². The third kappa shape index (κ3) is 2.99. The van der Waals surface area contributed by atoms with E-state index >= 15 is 0 Å². The first-order valence-electron chi connectivity index (χ1n) is 7.45. The van der Waals surface area contributed by atoms with Gasteiger partial charge in [0.15, 0.2) is 0 Å². The molecule has 6 nitrogen and oxygen atoms in total. The number of aromatic nitrogens is 2. The lowest BCUT2D eigenvalue weighted by molar-refractivity contribution is 0.0782. The monoisotopic (exact) mass is 323 g/mol. The summed E-state index contributed by atoms with van der Waals surface area (Å²) in [5.41, 5.74) is 1.10. The van der Waals surface area contributed by atoms with E-state index < -0.39 is 0 Å². The maximum atomic E-state index is 12.6. The number of hydrogen-bond donors (Lipinski definition) is 0. The van der Waals surface area contributed by atoms with E-state index in [1.54, 1.807) is 38.6 Å². The molecule has 2 heterocycles. The zero-order chi connectivity index (χ0) is 17.1. The number of benzene rings is 1. The molecule has 3 rings (SSSR count). The van der Waals surface area contributed by atoms with Crippen LogP contribution in [0.1, 0.15) is 15.9 Å². The first-order chi connectivity index (χ1) is 11.6. The number of nitrogens with zero attached hydrogens (tertiary/aromatic N) is 3. The van der Waals surface area contributed by atoms with Gasteiger partial charge in [-0.3, -0.25) is 14.0 Å². The van der Waals surface area contributed by atoms with Gasteiger partial charge >= 0.3 is 0 Å². The van der Waals surface area contributed by atoms with Crippen molar-refractivity contribution in [3.05, 3.63) is 76.3 Å². The summed E-state index contributed by atoms with van der Waals surface area (Å²) in [6.45, 7) is 0.368. The van der Waals surface area contributed by atoms with Crippen molar-refractivity contribution in [2.75, 3.05) is 14.2 Å². The van der Waals surface area contributed by atoms with Gasteiger partial charge in [-0.1, -0.05) is 18.2 Å². The van der Waals surface area contributed by atoms with Gasteiger partial charge in [-0.25, -0.2) is 4.98 Å². The first kappa shape index (κ1) is 15.7. The summed E-state index contributed by atoms with van der Waals surface area (Å²) in [5.74, 6) is 0.356. The quantitative estimate of drug-likeness (QED) is 0.736. The molecule has 0 aliphatic carbocycles. The second-order valence-electron chi connectivity index (χ2n) is 5.42. The minimum atomic E-state index is -0.372. The number of pyridine rings is 1. The van der Waals surface area contributed by atoms with E-state index in [0.717, 1.165) is 11.3 Å². The summed E-state index contributed by atoms with van der Waals surface area (Å²) in [6, 6.07) is 12.7. The van der Waals surface area contributed by atoms with Crippen LogP contribution in [0.3, 0.4) is 0 Å². The van der Waals surface area contributed by atoms with Crippen LogP contribution in [0, 0.1) is 0 Å². The van der Waals surface area contributed by atoms with Crippen LogP contribution in [0.4, 0.5) is 0 Å². The van der Waals surface area contributed by atoms with Gasteiger partial charge in [-0.15, -0.1) is 0 Å². The molecule has 0 saturated heterocycles. The summed E-state index contributed by atoms with van der Waals surface area (Å²) in [7, 11) is 3.25. The van der Waals surface area contributed by atoms with Crippen LogP contribution in [-0.4, -0.2) is 34.3 Å². The Bertz CT molecular complexity index is 949. The van der Waals surface area contributed by atoms with Gasteiger partial charge in [0.05, 0.1) is 7.11 Å². The maximum Gasteiger partial charge on any atom is 0.270 e. The van der Waals surface area contributed by atoms with E-state index in [1.807, 2.05) is 24.3 Å². The molecule has 0 aliphatic heterocycles. The summed E-state index contributed by atoms with van der Waals surface area (Å²) in [4.78, 5) is 30.8. The minimum Gasteiger partial charge on any atom is -0.497 e. The highest BCUT2D eigenvalue weighted by molar-refractivity contribution is 5.93. The van der Waals surface area contributed by atoms with E-state index in [4.69, 9.17) is 4.74 Å². The second kappa shape index (κ2) is 6.54. The normalized spacial score (nSPS) is 10.6. The number of rotatable bonds is 4. The third-order valence-corrected chi connectivity index (χ3v) is 3.74. The first-order valence-corrected chi connectivity index (χ1v) is 7.45. The Labute approximate surface area is 138 Å². The second-order valence-corrected chi connectivity index (χ2v) is 5.42. The molecule has 1 aromatic carbocycles. The van der Waals surface area contributed by atoms with Crippen molar-refractivity contribution < 1.29 is 9.53 Å². The Balaban J connectivity index is 1.88. The van der Waals surface area contributed by atoms with Crippen molar-refractivity contribution >= 4 is 11.6 Å². The van der Waals surface area contributed by atoms with E-state index in [-0.39, 0.29) is 17.0 Å². The van der Waals surface area contributed by atoms with Crippen molar-refractivity contribution in [2.24, 2.45) is 0 Å². The molecule has 1 amide bonds. The fraction of sp³-hybridized carbons (Fsp3) is 0.167. The van der Waals surface area contributed by atoms with Crippen molar-refractivity contribution in [3.8, 4) is 5.75 Å². The maximum absolute atomic E-state index is 12.6. The Hall–Kier alpha value is -3.15. The zero-order valence-electron chi connectivity index (χ0n) is 13.5. The standard InChI is InChI=1S/C18H17N3O3/c1-20(12-13-6-5-7-14(10-13)24-2)17(22)15-11-19-16-8-3-4-9-21(16)18(15)23/h3-11H,12H2,1-2H3. The Kier molecular flexibility index (Phi) is 4.29. The predicted octanol–water partition coefficient (Wildman–Crippen LogP) is 1.98. The SMILES string of the molecule is COc1cccc(CN(C)C(=O)c2cnc3ccccn3c2=O)c1. The molecular formula is C18H17N3O3. The smallest absolute Gasteiger partial charge is 0.270 e. The molecule has 24 heavy (non-hydrogen) atoms. The zero-order valence-corrected chi connectivity index (χ0v) is 13.5. The van der Waals surface area contributed by atoms with Crippen LogP contribution in [0.5, 0.6) is 5.75 Å². The molecule has 0 saturated carbocycles. The number of carbonyl (C=O) groups is 1. The number of carbonyl (C=O) groups excluding carboxylic acids is 1. The molecule has 0 bridgehead atoms. The predicted molar refractivity (Wildman–Crippen MR) is 90.3 cm³/mol. The number of methoxy groups -OCH3 is 1. The van der Waals surface area contributed by atoms with Crippen LogP contribution < -0.4 is 10.3 Å². The van der Waals surface area contributed by atoms with Gasteiger partial charge in [0.25, 0.3) is 11.5 Å². The summed E-state index contributed by atoms with van der Waals surface area (Å²) >= 11 is 0. The molecule has 3 aromatic rings. The third-order valence-electron chi connectivity index (χ3n) is 3.74. The van der Waals surface area contributed by atoms with Crippen molar-refractivity contribution in [1.29, 1.82) is 0 Å². The van der Waals surface area contributed by atoms with Crippen molar-refractivity contribution in [1.82, 2.24) is 14.3 Å². The fourth-order valence-corrected chi connectivity index (χ4v) is 2.50. The fourth-order valence-electron chi connectivity index (χ4n) is 2.50. The highest BCUT2D eigenvalue weighted by Gasteiger charge is 2.17. The molecule has 6 heteroatoms. The summed E-state index contributed by atoms with van der Waals surface area (Å²) in [5, 5.41) is 0. The molecule has 0 fully saturated rings. The lowest BCUT2D eigenvalue weighted by Gasteiger charge is -2.17. The largest absolute Gasteiger partial charge is 0.497 e. The Morgan fingerprint density at radius 3 is 2.88 bits per heavy atom. The minimum absolute atomic E-state index is 0.0455. The van der Waals surface area contributed by atoms with Crippen LogP contribution in [0.15, 0.2) is 59.7 Å². The van der Waals surface area contributed by atoms with E-state index in [9.17, 15) is 9.59 Å². The van der Waals surface area contributed by atoms with Crippen LogP contribution >= 0.6 is 0 Å². The number of hydrogen-bond acceptors (Lipinski definition) is 4. The molecule has 2 aromatic heterocycles. The Morgan fingerprint density at radius 2 is 2.08 bits per heavy atom. The molecule has 0 aliphatic rings.